The number of hydrogen-bond acceptors (Lipinski definition) is 5. The van der Waals surface area contributed by atoms with Gasteiger partial charge in [0.15, 0.2) is 11.5 Å². The van der Waals surface area contributed by atoms with Crippen LogP contribution in [-0.4, -0.2) is 30.0 Å². The smallest absolute Gasteiger partial charge is 0.294 e. The van der Waals surface area contributed by atoms with Crippen molar-refractivity contribution in [3.05, 3.63) is 65.4 Å². The molecule has 0 aromatic heterocycles. The van der Waals surface area contributed by atoms with E-state index in [4.69, 9.17) is 9.47 Å². The lowest BCUT2D eigenvalue weighted by molar-refractivity contribution is -0.119. The zero-order valence-corrected chi connectivity index (χ0v) is 17.9. The molecule has 6 heteroatoms. The summed E-state index contributed by atoms with van der Waals surface area (Å²) in [6.45, 7) is 7.37. The Morgan fingerprint density at radius 1 is 0.967 bits per heavy atom. The summed E-state index contributed by atoms with van der Waals surface area (Å²) >= 11 is 0. The first-order valence-electron chi connectivity index (χ1n) is 9.96. The Morgan fingerprint density at radius 3 is 2.03 bits per heavy atom. The molecule has 0 spiro atoms. The second-order valence-corrected chi connectivity index (χ2v) is 7.79. The standard InChI is InChI=1S/C24H27NO5/c1-14(2)22(26)20-21(16-6-10-18(29-5)11-7-16)25(24(28)23(20)27)17-8-12-19(13-9-17)30-15(3)4/h6-15,21,27H,1-5H3. The van der Waals surface area contributed by atoms with Gasteiger partial charge in [0.25, 0.3) is 5.91 Å². The van der Waals surface area contributed by atoms with Crippen LogP contribution in [0.15, 0.2) is 59.9 Å². The predicted molar refractivity (Wildman–Crippen MR) is 115 cm³/mol. The largest absolute Gasteiger partial charge is 0.503 e. The van der Waals surface area contributed by atoms with E-state index in [1.54, 1.807) is 69.5 Å². The molecule has 0 saturated heterocycles. The number of hydrogen-bond donors (Lipinski definition) is 1. The van der Waals surface area contributed by atoms with Crippen LogP contribution in [0.2, 0.25) is 0 Å². The molecule has 0 bridgehead atoms. The summed E-state index contributed by atoms with van der Waals surface area (Å²) in [6, 6.07) is 13.5. The van der Waals surface area contributed by atoms with Gasteiger partial charge in [-0.25, -0.2) is 0 Å². The second kappa shape index (κ2) is 8.61. The quantitative estimate of drug-likeness (QED) is 0.723. The molecule has 1 amide bonds. The van der Waals surface area contributed by atoms with Gasteiger partial charge < -0.3 is 14.6 Å². The van der Waals surface area contributed by atoms with E-state index in [0.29, 0.717) is 22.7 Å². The number of nitrogens with zero attached hydrogens (tertiary/aromatic N) is 1. The van der Waals surface area contributed by atoms with Crippen molar-refractivity contribution in [1.82, 2.24) is 0 Å². The fourth-order valence-electron chi connectivity index (χ4n) is 3.49. The number of aliphatic hydroxyl groups excluding tert-OH is 1. The Balaban J connectivity index is 2.08. The Hall–Kier alpha value is -3.28. The van der Waals surface area contributed by atoms with E-state index in [2.05, 4.69) is 0 Å². The molecule has 0 aliphatic carbocycles. The molecule has 1 N–H and O–H groups in total. The third-order valence-electron chi connectivity index (χ3n) is 4.92. The highest BCUT2D eigenvalue weighted by Gasteiger charge is 2.44. The molecule has 1 aliphatic heterocycles. The maximum Gasteiger partial charge on any atom is 0.294 e. The van der Waals surface area contributed by atoms with Gasteiger partial charge in [0.2, 0.25) is 0 Å². The van der Waals surface area contributed by atoms with Crippen LogP contribution in [0.25, 0.3) is 0 Å². The minimum atomic E-state index is -0.727. The van der Waals surface area contributed by atoms with Gasteiger partial charge >= 0.3 is 0 Å². The number of carbonyl (C=O) groups is 2. The molecule has 1 heterocycles. The third-order valence-corrected chi connectivity index (χ3v) is 4.92. The van der Waals surface area contributed by atoms with Gasteiger partial charge in [0, 0.05) is 11.6 Å². The van der Waals surface area contributed by atoms with Crippen LogP contribution < -0.4 is 14.4 Å². The van der Waals surface area contributed by atoms with Gasteiger partial charge in [0.1, 0.15) is 11.5 Å². The summed E-state index contributed by atoms with van der Waals surface area (Å²) in [5, 5.41) is 10.6. The van der Waals surface area contributed by atoms with Crippen molar-refractivity contribution in [3.8, 4) is 11.5 Å². The van der Waals surface area contributed by atoms with E-state index in [-0.39, 0.29) is 23.4 Å². The first-order chi connectivity index (χ1) is 14.2. The molecule has 0 saturated carbocycles. The molecule has 0 fully saturated rings. The lowest BCUT2D eigenvalue weighted by Gasteiger charge is -2.27. The molecule has 158 valence electrons. The van der Waals surface area contributed by atoms with Crippen molar-refractivity contribution >= 4 is 17.4 Å². The van der Waals surface area contributed by atoms with Crippen molar-refractivity contribution in [3.63, 3.8) is 0 Å². The number of ether oxygens (including phenoxy) is 2. The van der Waals surface area contributed by atoms with E-state index in [1.807, 2.05) is 13.8 Å². The molecular weight excluding hydrogens is 382 g/mol. The molecule has 2 aromatic carbocycles. The first-order valence-corrected chi connectivity index (χ1v) is 9.96. The average Bonchev–Trinajstić information content (AvgIpc) is 2.98. The highest BCUT2D eigenvalue weighted by molar-refractivity contribution is 6.16. The average molecular weight is 409 g/mol. The molecule has 6 nitrogen and oxygen atoms in total. The lowest BCUT2D eigenvalue weighted by atomic mass is 9.91. The van der Waals surface area contributed by atoms with Crippen LogP contribution in [-0.2, 0) is 9.59 Å². The van der Waals surface area contributed by atoms with E-state index >= 15 is 0 Å². The van der Waals surface area contributed by atoms with Gasteiger partial charge in [-0.3, -0.25) is 14.5 Å². The molecule has 0 radical (unpaired) electrons. The third kappa shape index (κ3) is 4.03. The Labute approximate surface area is 176 Å². The maximum absolute atomic E-state index is 13.0. The zero-order chi connectivity index (χ0) is 22.0. The fraction of sp³-hybridized carbons (Fsp3) is 0.333. The molecule has 1 atom stereocenters. The van der Waals surface area contributed by atoms with E-state index < -0.39 is 17.7 Å². The normalized spacial score (nSPS) is 16.6. The monoisotopic (exact) mass is 409 g/mol. The van der Waals surface area contributed by atoms with Crippen molar-refractivity contribution in [2.75, 3.05) is 12.0 Å². The van der Waals surface area contributed by atoms with Crippen LogP contribution in [0.1, 0.15) is 39.3 Å². The summed E-state index contributed by atoms with van der Waals surface area (Å²) in [4.78, 5) is 27.4. The number of aliphatic hydroxyl groups is 1. The Morgan fingerprint density at radius 2 is 1.53 bits per heavy atom. The SMILES string of the molecule is COc1ccc(C2C(C(=O)C(C)C)=C(O)C(=O)N2c2ccc(OC(C)C)cc2)cc1. The summed E-state index contributed by atoms with van der Waals surface area (Å²) in [5.41, 5.74) is 1.39. The number of benzene rings is 2. The number of ketones is 1. The van der Waals surface area contributed by atoms with Gasteiger partial charge in [-0.15, -0.1) is 0 Å². The minimum Gasteiger partial charge on any atom is -0.503 e. The minimum absolute atomic E-state index is 0.0253. The maximum atomic E-state index is 13.0. The Kier molecular flexibility index (Phi) is 6.15. The lowest BCUT2D eigenvalue weighted by Crippen LogP contribution is -2.31. The van der Waals surface area contributed by atoms with Crippen molar-refractivity contribution in [2.45, 2.75) is 39.8 Å². The summed E-state index contributed by atoms with van der Waals surface area (Å²) in [5.74, 6) is -0.387. The fourth-order valence-corrected chi connectivity index (χ4v) is 3.49. The second-order valence-electron chi connectivity index (χ2n) is 7.79. The van der Waals surface area contributed by atoms with Crippen LogP contribution >= 0.6 is 0 Å². The molecule has 1 aliphatic rings. The number of rotatable bonds is 7. The highest BCUT2D eigenvalue weighted by atomic mass is 16.5. The summed E-state index contributed by atoms with van der Waals surface area (Å²) < 4.78 is 10.9. The predicted octanol–water partition coefficient (Wildman–Crippen LogP) is 4.61. The molecule has 30 heavy (non-hydrogen) atoms. The number of Topliss-reactive ketones (excluding diaryl/α,β-unsaturated/α-hetero) is 1. The van der Waals surface area contributed by atoms with E-state index in [0.717, 1.165) is 0 Å². The number of amides is 1. The van der Waals surface area contributed by atoms with Crippen molar-refractivity contribution < 1.29 is 24.2 Å². The van der Waals surface area contributed by atoms with Crippen molar-refractivity contribution in [2.24, 2.45) is 5.92 Å². The van der Waals surface area contributed by atoms with Crippen LogP contribution in [0, 0.1) is 5.92 Å². The number of carbonyl (C=O) groups excluding carboxylic acids is 2. The first kappa shape index (κ1) is 21.4. The van der Waals surface area contributed by atoms with E-state index in [1.165, 1.54) is 4.90 Å². The highest BCUT2D eigenvalue weighted by Crippen LogP contribution is 2.42. The van der Waals surface area contributed by atoms with Gasteiger partial charge in [0.05, 0.1) is 24.8 Å². The zero-order valence-electron chi connectivity index (χ0n) is 17.9. The summed E-state index contributed by atoms with van der Waals surface area (Å²) in [7, 11) is 1.57. The number of methoxy groups -OCH3 is 1. The Bertz CT molecular complexity index is 958. The summed E-state index contributed by atoms with van der Waals surface area (Å²) in [6.07, 6.45) is 0.0253. The molecular formula is C24H27NO5. The van der Waals surface area contributed by atoms with E-state index in [9.17, 15) is 14.7 Å². The van der Waals surface area contributed by atoms with Gasteiger partial charge in [-0.2, -0.15) is 0 Å². The van der Waals surface area contributed by atoms with Crippen LogP contribution in [0.4, 0.5) is 5.69 Å². The molecule has 2 aromatic rings. The topological polar surface area (TPSA) is 76.1 Å². The van der Waals surface area contributed by atoms with Gasteiger partial charge in [-0.05, 0) is 55.8 Å². The molecule has 1 unspecified atom stereocenters. The number of anilines is 1. The van der Waals surface area contributed by atoms with Crippen LogP contribution in [0.5, 0.6) is 11.5 Å². The van der Waals surface area contributed by atoms with Gasteiger partial charge in [-0.1, -0.05) is 26.0 Å². The molecule has 3 rings (SSSR count). The van der Waals surface area contributed by atoms with Crippen LogP contribution in [0.3, 0.4) is 0 Å². The van der Waals surface area contributed by atoms with Crippen molar-refractivity contribution in [1.29, 1.82) is 0 Å².